The maximum Gasteiger partial charge on any atom is 0.0468 e. The molecule has 2 nitrogen and oxygen atoms in total. The molecule has 1 unspecified atom stereocenters. The summed E-state index contributed by atoms with van der Waals surface area (Å²) in [5, 5.41) is 3.78. The first-order chi connectivity index (χ1) is 9.38. The van der Waals surface area contributed by atoms with Gasteiger partial charge in [-0.1, -0.05) is 18.6 Å². The van der Waals surface area contributed by atoms with Gasteiger partial charge in [-0.2, -0.15) is 0 Å². The van der Waals surface area contributed by atoms with Crippen LogP contribution in [0, 0.1) is 5.92 Å². The van der Waals surface area contributed by atoms with Crippen LogP contribution in [0.25, 0.3) is 0 Å². The Bertz CT molecular complexity index is 268. The topological polar surface area (TPSA) is 21.3 Å². The molecule has 1 aliphatic heterocycles. The number of allylic oxidation sites excluding steroid dienone is 1. The summed E-state index contributed by atoms with van der Waals surface area (Å²) in [4.78, 5) is 0. The molecule has 0 aromatic rings. The fourth-order valence-electron chi connectivity index (χ4n) is 3.38. The SMILES string of the molecule is CCCNC(CC1=CCCCC1)CC1CCOCC1. The minimum Gasteiger partial charge on any atom is -0.381 e. The Morgan fingerprint density at radius 2 is 2.16 bits per heavy atom. The predicted octanol–water partition coefficient (Wildman–Crippen LogP) is 4.06. The van der Waals surface area contributed by atoms with E-state index in [1.54, 1.807) is 5.57 Å². The highest BCUT2D eigenvalue weighted by atomic mass is 16.5. The first kappa shape index (κ1) is 15.1. The lowest BCUT2D eigenvalue weighted by Gasteiger charge is -2.28. The third kappa shape index (κ3) is 5.66. The summed E-state index contributed by atoms with van der Waals surface area (Å²) in [7, 11) is 0. The molecule has 0 aromatic carbocycles. The Morgan fingerprint density at radius 1 is 1.32 bits per heavy atom. The van der Waals surface area contributed by atoms with Crippen molar-refractivity contribution in [1.29, 1.82) is 0 Å². The van der Waals surface area contributed by atoms with Crippen LogP contribution in [0.5, 0.6) is 0 Å². The van der Waals surface area contributed by atoms with Crippen molar-refractivity contribution in [3.8, 4) is 0 Å². The van der Waals surface area contributed by atoms with Gasteiger partial charge in [0, 0.05) is 19.3 Å². The molecular weight excluding hydrogens is 234 g/mol. The average Bonchev–Trinajstić information content (AvgIpc) is 2.47. The summed E-state index contributed by atoms with van der Waals surface area (Å²) in [5.41, 5.74) is 1.71. The quantitative estimate of drug-likeness (QED) is 0.701. The van der Waals surface area contributed by atoms with Gasteiger partial charge in [0.15, 0.2) is 0 Å². The summed E-state index contributed by atoms with van der Waals surface area (Å²) in [6.45, 7) is 5.39. The molecule has 0 bridgehead atoms. The molecule has 1 fully saturated rings. The molecular formula is C17H31NO. The molecule has 0 saturated carbocycles. The maximum absolute atomic E-state index is 5.48. The standard InChI is InChI=1S/C17H31NO/c1-2-10-18-17(13-15-6-4-3-5-7-15)14-16-8-11-19-12-9-16/h6,16-18H,2-5,7-14H2,1H3. The fourth-order valence-corrected chi connectivity index (χ4v) is 3.38. The van der Waals surface area contributed by atoms with Gasteiger partial charge >= 0.3 is 0 Å². The molecule has 2 aliphatic rings. The van der Waals surface area contributed by atoms with Crippen LogP contribution in [0.15, 0.2) is 11.6 Å². The molecule has 0 aromatic heterocycles. The molecule has 110 valence electrons. The van der Waals surface area contributed by atoms with Gasteiger partial charge in [-0.05, 0) is 70.3 Å². The number of hydrogen-bond donors (Lipinski definition) is 1. The summed E-state index contributed by atoms with van der Waals surface area (Å²) in [6, 6.07) is 0.701. The van der Waals surface area contributed by atoms with Gasteiger partial charge < -0.3 is 10.1 Å². The van der Waals surface area contributed by atoms with Gasteiger partial charge in [-0.15, -0.1) is 0 Å². The molecule has 2 heteroatoms. The molecule has 2 rings (SSSR count). The van der Waals surface area contributed by atoms with Crippen molar-refractivity contribution >= 4 is 0 Å². The highest BCUT2D eigenvalue weighted by molar-refractivity contribution is 5.07. The molecule has 1 N–H and O–H groups in total. The zero-order chi connectivity index (χ0) is 13.3. The number of nitrogens with one attached hydrogen (secondary N) is 1. The lowest BCUT2D eigenvalue weighted by atomic mass is 9.87. The van der Waals surface area contributed by atoms with Crippen LogP contribution in [0.3, 0.4) is 0 Å². The minimum atomic E-state index is 0.701. The second kappa shape index (κ2) is 8.76. The van der Waals surface area contributed by atoms with E-state index >= 15 is 0 Å². The first-order valence-electron chi connectivity index (χ1n) is 8.37. The van der Waals surface area contributed by atoms with Gasteiger partial charge in [-0.3, -0.25) is 0 Å². The van der Waals surface area contributed by atoms with Crippen LogP contribution in [0.4, 0.5) is 0 Å². The zero-order valence-corrected chi connectivity index (χ0v) is 12.6. The van der Waals surface area contributed by atoms with E-state index in [2.05, 4.69) is 18.3 Å². The van der Waals surface area contributed by atoms with E-state index in [1.807, 2.05) is 0 Å². The second-order valence-electron chi connectivity index (χ2n) is 6.25. The molecule has 0 amide bonds. The van der Waals surface area contributed by atoms with E-state index in [0.717, 1.165) is 19.1 Å². The highest BCUT2D eigenvalue weighted by Crippen LogP contribution is 2.26. The van der Waals surface area contributed by atoms with E-state index in [1.165, 1.54) is 64.3 Å². The zero-order valence-electron chi connectivity index (χ0n) is 12.6. The normalized spacial score (nSPS) is 23.1. The van der Waals surface area contributed by atoms with E-state index in [9.17, 15) is 0 Å². The lowest BCUT2D eigenvalue weighted by Crippen LogP contribution is -2.33. The minimum absolute atomic E-state index is 0.701. The van der Waals surface area contributed by atoms with E-state index in [0.29, 0.717) is 6.04 Å². The van der Waals surface area contributed by atoms with Crippen LogP contribution in [-0.2, 0) is 4.74 Å². The summed E-state index contributed by atoms with van der Waals surface area (Å²) >= 11 is 0. The third-order valence-electron chi connectivity index (χ3n) is 4.54. The maximum atomic E-state index is 5.48. The smallest absolute Gasteiger partial charge is 0.0468 e. The Kier molecular flexibility index (Phi) is 6.94. The molecule has 1 heterocycles. The van der Waals surface area contributed by atoms with Crippen molar-refractivity contribution in [3.63, 3.8) is 0 Å². The Balaban J connectivity index is 1.81. The average molecular weight is 265 g/mol. The highest BCUT2D eigenvalue weighted by Gasteiger charge is 2.20. The van der Waals surface area contributed by atoms with Crippen LogP contribution in [0.1, 0.15) is 64.7 Å². The summed E-state index contributed by atoms with van der Waals surface area (Å²) < 4.78 is 5.48. The van der Waals surface area contributed by atoms with E-state index in [4.69, 9.17) is 4.74 Å². The largest absolute Gasteiger partial charge is 0.381 e. The van der Waals surface area contributed by atoms with Crippen LogP contribution >= 0.6 is 0 Å². The van der Waals surface area contributed by atoms with Crippen LogP contribution in [0.2, 0.25) is 0 Å². The van der Waals surface area contributed by atoms with Gasteiger partial charge in [0.05, 0.1) is 0 Å². The van der Waals surface area contributed by atoms with Crippen molar-refractivity contribution in [2.75, 3.05) is 19.8 Å². The first-order valence-corrected chi connectivity index (χ1v) is 8.37. The van der Waals surface area contributed by atoms with Gasteiger partial charge in [0.1, 0.15) is 0 Å². The van der Waals surface area contributed by atoms with Crippen molar-refractivity contribution in [1.82, 2.24) is 5.32 Å². The lowest BCUT2D eigenvalue weighted by molar-refractivity contribution is 0.0605. The number of hydrogen-bond acceptors (Lipinski definition) is 2. The summed E-state index contributed by atoms with van der Waals surface area (Å²) in [6.07, 6.45) is 14.4. The Hall–Kier alpha value is -0.340. The molecule has 1 aliphatic carbocycles. The van der Waals surface area contributed by atoms with E-state index in [-0.39, 0.29) is 0 Å². The van der Waals surface area contributed by atoms with Gasteiger partial charge in [0.2, 0.25) is 0 Å². The molecule has 19 heavy (non-hydrogen) atoms. The van der Waals surface area contributed by atoms with Crippen molar-refractivity contribution in [3.05, 3.63) is 11.6 Å². The number of rotatable bonds is 7. The number of ether oxygens (including phenoxy) is 1. The summed E-state index contributed by atoms with van der Waals surface area (Å²) in [5.74, 6) is 0.882. The van der Waals surface area contributed by atoms with Crippen LogP contribution in [-0.4, -0.2) is 25.8 Å². The second-order valence-corrected chi connectivity index (χ2v) is 6.25. The fraction of sp³-hybridized carbons (Fsp3) is 0.882. The Labute approximate surface area is 119 Å². The Morgan fingerprint density at radius 3 is 2.84 bits per heavy atom. The van der Waals surface area contributed by atoms with Crippen molar-refractivity contribution in [2.24, 2.45) is 5.92 Å². The molecule has 0 spiro atoms. The third-order valence-corrected chi connectivity index (χ3v) is 4.54. The molecule has 1 atom stereocenters. The van der Waals surface area contributed by atoms with Gasteiger partial charge in [-0.25, -0.2) is 0 Å². The van der Waals surface area contributed by atoms with Gasteiger partial charge in [0.25, 0.3) is 0 Å². The molecule has 0 radical (unpaired) electrons. The monoisotopic (exact) mass is 265 g/mol. The van der Waals surface area contributed by atoms with Crippen LogP contribution < -0.4 is 5.32 Å². The predicted molar refractivity (Wildman–Crippen MR) is 81.4 cm³/mol. The van der Waals surface area contributed by atoms with Crippen molar-refractivity contribution < 1.29 is 4.74 Å². The molecule has 1 saturated heterocycles. The van der Waals surface area contributed by atoms with Crippen molar-refractivity contribution in [2.45, 2.75) is 70.8 Å². The van der Waals surface area contributed by atoms with E-state index < -0.39 is 0 Å².